The summed E-state index contributed by atoms with van der Waals surface area (Å²) in [5.74, 6) is 0. The molecule has 0 N–H and O–H groups in total. The molecule has 0 aromatic rings. The van der Waals surface area contributed by atoms with Crippen LogP contribution >= 0.6 is 0 Å². The fourth-order valence-electron chi connectivity index (χ4n) is 1.92. The van der Waals surface area contributed by atoms with Gasteiger partial charge in [-0.3, -0.25) is 0 Å². The molecule has 0 amide bonds. The van der Waals surface area contributed by atoms with E-state index < -0.39 is 0 Å². The van der Waals surface area contributed by atoms with Gasteiger partial charge in [-0.1, -0.05) is 158 Å². The van der Waals surface area contributed by atoms with E-state index in [1.165, 1.54) is 19.3 Å². The predicted octanol–water partition coefficient (Wildman–Crippen LogP) is 14.2. The summed E-state index contributed by atoms with van der Waals surface area (Å²) in [6, 6.07) is 0. The van der Waals surface area contributed by atoms with E-state index in [1.807, 2.05) is 20.8 Å². The van der Waals surface area contributed by atoms with Gasteiger partial charge >= 0.3 is 0 Å². The molecule has 0 aliphatic rings. The first kappa shape index (κ1) is 110. The molecular formula is C33H98O3. The third kappa shape index (κ3) is 64.2. The van der Waals surface area contributed by atoms with E-state index in [1.54, 1.807) is 0 Å². The van der Waals surface area contributed by atoms with Crippen LogP contribution in [0.2, 0.25) is 0 Å². The summed E-state index contributed by atoms with van der Waals surface area (Å²) in [6.07, 6.45) is 3.96. The van der Waals surface area contributed by atoms with Crippen molar-refractivity contribution in [2.24, 2.45) is 10.8 Å². The minimum absolute atomic E-state index is 0. The van der Waals surface area contributed by atoms with Crippen molar-refractivity contribution in [2.45, 2.75) is 179 Å². The topological polar surface area (TPSA) is 27.7 Å². The Morgan fingerprint density at radius 3 is 0.583 bits per heavy atom. The maximum absolute atomic E-state index is 5.43. The number of ether oxygens (including phenoxy) is 3. The Labute approximate surface area is 243 Å². The zero-order valence-electron chi connectivity index (χ0n) is 16.6. The third-order valence-electron chi connectivity index (χ3n) is 4.52. The number of hydrogen-bond donors (Lipinski definition) is 0. The molecular weight excluding hydrogens is 444 g/mol. The maximum Gasteiger partial charge on any atom is 0.0563 e. The summed E-state index contributed by atoms with van der Waals surface area (Å²) in [4.78, 5) is 0. The van der Waals surface area contributed by atoms with E-state index in [0.29, 0.717) is 25.2 Å². The van der Waals surface area contributed by atoms with Crippen molar-refractivity contribution in [1.29, 1.82) is 0 Å². The third-order valence-corrected chi connectivity index (χ3v) is 4.52. The molecule has 0 radical (unpaired) electrons. The highest BCUT2D eigenvalue weighted by Gasteiger charge is 2.25. The zero-order chi connectivity index (χ0) is 17.5. The van der Waals surface area contributed by atoms with Crippen LogP contribution in [-0.2, 0) is 14.2 Å². The highest BCUT2D eigenvalue weighted by Crippen LogP contribution is 2.28. The number of hydrogen-bond acceptors (Lipinski definition) is 3. The van der Waals surface area contributed by atoms with Gasteiger partial charge in [0.15, 0.2) is 0 Å². The first-order chi connectivity index (χ1) is 10.4. The van der Waals surface area contributed by atoms with Gasteiger partial charge in [0, 0.05) is 25.2 Å². The van der Waals surface area contributed by atoms with Gasteiger partial charge in [-0.15, -0.1) is 0 Å². The minimum Gasteiger partial charge on any atom is -0.381 e. The average molecular weight is 543 g/mol. The molecule has 3 nitrogen and oxygen atoms in total. The van der Waals surface area contributed by atoms with Gasteiger partial charge in [-0.25, -0.2) is 0 Å². The van der Waals surface area contributed by atoms with Crippen LogP contribution in [0.4, 0.5) is 0 Å². The summed E-state index contributed by atoms with van der Waals surface area (Å²) in [5, 5.41) is 0. The lowest BCUT2D eigenvalue weighted by Gasteiger charge is -2.28. The molecule has 0 rings (SSSR count). The second-order valence-electron chi connectivity index (χ2n) is 6.59. The van der Waals surface area contributed by atoms with Gasteiger partial charge in [-0.05, 0) is 26.2 Å². The van der Waals surface area contributed by atoms with Crippen LogP contribution in [0.3, 0.4) is 0 Å². The SMILES string of the molecule is C.C.C.C.C.C.C.C.C.C.C.C.C.C.CCC(C)(CC)CC.CCOCC(C)(COCC)COCC. The summed E-state index contributed by atoms with van der Waals surface area (Å²) in [5.41, 5.74) is 0.613. The van der Waals surface area contributed by atoms with E-state index in [4.69, 9.17) is 14.2 Å². The first-order valence-electron chi connectivity index (χ1n) is 9.10. The monoisotopic (exact) mass is 543 g/mol. The smallest absolute Gasteiger partial charge is 0.0563 e. The van der Waals surface area contributed by atoms with Gasteiger partial charge in [0.05, 0.1) is 19.8 Å². The molecule has 3 heteroatoms. The molecule has 0 bridgehead atoms. The Morgan fingerprint density at radius 1 is 0.333 bits per heavy atom. The van der Waals surface area contributed by atoms with Crippen LogP contribution in [0.5, 0.6) is 0 Å². The highest BCUT2D eigenvalue weighted by atomic mass is 16.5. The van der Waals surface area contributed by atoms with Crippen molar-refractivity contribution >= 4 is 0 Å². The molecule has 248 valence electrons. The highest BCUT2D eigenvalue weighted by molar-refractivity contribution is 4.73. The van der Waals surface area contributed by atoms with E-state index in [9.17, 15) is 0 Å². The minimum atomic E-state index is -0.0119. The van der Waals surface area contributed by atoms with Crippen LogP contribution in [0.15, 0.2) is 0 Å². The van der Waals surface area contributed by atoms with Crippen molar-refractivity contribution in [3.05, 3.63) is 0 Å². The molecule has 0 aliphatic carbocycles. The second-order valence-corrected chi connectivity index (χ2v) is 6.59. The number of rotatable bonds is 12. The van der Waals surface area contributed by atoms with Crippen molar-refractivity contribution in [1.82, 2.24) is 0 Å². The van der Waals surface area contributed by atoms with Gasteiger partial charge < -0.3 is 14.2 Å². The molecule has 0 atom stereocenters. The van der Waals surface area contributed by atoms with Crippen LogP contribution in [0, 0.1) is 10.8 Å². The van der Waals surface area contributed by atoms with Crippen LogP contribution in [-0.4, -0.2) is 39.6 Å². The van der Waals surface area contributed by atoms with Crippen LogP contribution in [0.1, 0.15) is 179 Å². The molecule has 0 aromatic heterocycles. The van der Waals surface area contributed by atoms with Crippen molar-refractivity contribution < 1.29 is 14.2 Å². The van der Waals surface area contributed by atoms with E-state index >= 15 is 0 Å². The lowest BCUT2D eigenvalue weighted by molar-refractivity contribution is -0.0538. The largest absolute Gasteiger partial charge is 0.381 e. The molecule has 0 aliphatic heterocycles. The lowest BCUT2D eigenvalue weighted by atomic mass is 9.82. The molecule has 36 heavy (non-hydrogen) atoms. The second kappa shape index (κ2) is 70.2. The Kier molecular flexibility index (Phi) is 215. The summed E-state index contributed by atoms with van der Waals surface area (Å²) in [6.45, 7) is 21.6. The molecule has 0 aromatic carbocycles. The quantitative estimate of drug-likeness (QED) is 0.245. The van der Waals surface area contributed by atoms with Crippen molar-refractivity contribution in [2.75, 3.05) is 39.6 Å². The van der Waals surface area contributed by atoms with Gasteiger partial charge in [0.1, 0.15) is 0 Å². The van der Waals surface area contributed by atoms with Gasteiger partial charge in [-0.2, -0.15) is 0 Å². The Bertz CT molecular complexity index is 197. The van der Waals surface area contributed by atoms with E-state index in [0.717, 1.165) is 19.8 Å². The van der Waals surface area contributed by atoms with Crippen molar-refractivity contribution in [3.63, 3.8) is 0 Å². The Hall–Kier alpha value is -0.120. The Morgan fingerprint density at radius 2 is 0.500 bits per heavy atom. The maximum atomic E-state index is 5.43. The zero-order valence-corrected chi connectivity index (χ0v) is 16.6. The molecule has 0 unspecified atom stereocenters. The summed E-state index contributed by atoms with van der Waals surface area (Å²) in [7, 11) is 0. The van der Waals surface area contributed by atoms with E-state index in [-0.39, 0.29) is 109 Å². The first-order valence-corrected chi connectivity index (χ1v) is 9.10. The molecule has 0 saturated heterocycles. The predicted molar refractivity (Wildman–Crippen MR) is 191 cm³/mol. The lowest BCUT2D eigenvalue weighted by Crippen LogP contribution is -2.34. The van der Waals surface area contributed by atoms with Gasteiger partial charge in [0.25, 0.3) is 0 Å². The van der Waals surface area contributed by atoms with E-state index in [2.05, 4.69) is 34.6 Å². The molecule has 0 spiro atoms. The molecule has 0 saturated carbocycles. The van der Waals surface area contributed by atoms with Crippen molar-refractivity contribution in [3.8, 4) is 0 Å². The molecule has 0 heterocycles. The summed E-state index contributed by atoms with van der Waals surface area (Å²) < 4.78 is 16.3. The Balaban J connectivity index is -0.0000000120. The molecule has 0 fully saturated rings. The average Bonchev–Trinajstić information content (AvgIpc) is 2.56. The van der Waals surface area contributed by atoms with Crippen LogP contribution in [0.25, 0.3) is 0 Å². The van der Waals surface area contributed by atoms with Gasteiger partial charge in [0.2, 0.25) is 0 Å². The normalized spacial score (nSPS) is 7.33. The summed E-state index contributed by atoms with van der Waals surface area (Å²) >= 11 is 0. The van der Waals surface area contributed by atoms with Crippen LogP contribution < -0.4 is 0 Å². The fraction of sp³-hybridized carbons (Fsp3) is 1.00. The standard InChI is InChI=1S/C11H24O3.C8H18.14CH4/c1-5-12-8-11(4,9-13-6-2)10-14-7-3;1-5-8(4,6-2)7-3;;;;;;;;;;;;;;/h5-10H2,1-4H3;5-7H2,1-4H3;14*1H4. The fourth-order valence-corrected chi connectivity index (χ4v) is 1.92.